The highest BCUT2D eigenvalue weighted by Crippen LogP contribution is 2.27. The largest absolute Gasteiger partial charge is 0.326 e. The van der Waals surface area contributed by atoms with Crippen LogP contribution in [0.25, 0.3) is 10.8 Å². The molecule has 7 heteroatoms. The van der Waals surface area contributed by atoms with E-state index in [0.717, 1.165) is 15.2 Å². The molecule has 0 bridgehead atoms. The lowest BCUT2D eigenvalue weighted by atomic mass is 9.99. The van der Waals surface area contributed by atoms with E-state index in [1.54, 1.807) is 12.1 Å². The summed E-state index contributed by atoms with van der Waals surface area (Å²) in [5, 5.41) is 4.78. The third-order valence-corrected chi connectivity index (χ3v) is 7.56. The zero-order valence-corrected chi connectivity index (χ0v) is 18.1. The number of rotatable bonds is 4. The van der Waals surface area contributed by atoms with E-state index in [1.807, 2.05) is 54.6 Å². The van der Waals surface area contributed by atoms with Crippen LogP contribution in [0.3, 0.4) is 0 Å². The molecule has 150 valence electrons. The summed E-state index contributed by atoms with van der Waals surface area (Å²) >= 11 is 3.39. The zero-order valence-electron chi connectivity index (χ0n) is 15.7. The smallest absolute Gasteiger partial charge is 0.243 e. The number of anilines is 1. The number of hydrogen-bond acceptors (Lipinski definition) is 3. The van der Waals surface area contributed by atoms with Gasteiger partial charge in [0.25, 0.3) is 0 Å². The predicted octanol–water partition coefficient (Wildman–Crippen LogP) is 4.64. The van der Waals surface area contributed by atoms with Crippen molar-refractivity contribution in [2.24, 2.45) is 5.92 Å². The summed E-state index contributed by atoms with van der Waals surface area (Å²) in [6.07, 6.45) is 1.33. The molecule has 1 fully saturated rings. The molecule has 1 atom stereocenters. The first kappa shape index (κ1) is 20.1. The van der Waals surface area contributed by atoms with Crippen molar-refractivity contribution in [2.75, 3.05) is 18.4 Å². The van der Waals surface area contributed by atoms with Crippen LogP contribution in [0.15, 0.2) is 76.1 Å². The Hall–Kier alpha value is -2.22. The van der Waals surface area contributed by atoms with Crippen LogP contribution in [0.1, 0.15) is 12.8 Å². The summed E-state index contributed by atoms with van der Waals surface area (Å²) in [6, 6.07) is 20.2. The van der Waals surface area contributed by atoms with Gasteiger partial charge in [-0.2, -0.15) is 4.31 Å². The quantitative estimate of drug-likeness (QED) is 0.601. The Morgan fingerprint density at radius 1 is 1.00 bits per heavy atom. The van der Waals surface area contributed by atoms with Crippen molar-refractivity contribution >= 4 is 48.3 Å². The van der Waals surface area contributed by atoms with Crippen molar-refractivity contribution in [1.82, 2.24) is 4.31 Å². The van der Waals surface area contributed by atoms with Gasteiger partial charge in [-0.15, -0.1) is 0 Å². The van der Waals surface area contributed by atoms with Gasteiger partial charge in [0.05, 0.1) is 10.8 Å². The first-order valence-electron chi connectivity index (χ1n) is 9.49. The van der Waals surface area contributed by atoms with E-state index in [0.29, 0.717) is 25.1 Å². The van der Waals surface area contributed by atoms with Gasteiger partial charge in [0.15, 0.2) is 0 Å². The van der Waals surface area contributed by atoms with Crippen LogP contribution in [-0.2, 0) is 14.8 Å². The van der Waals surface area contributed by atoms with E-state index in [4.69, 9.17) is 0 Å². The Balaban J connectivity index is 1.52. The Bertz CT molecular complexity index is 1160. The number of nitrogens with one attached hydrogen (secondary N) is 1. The second-order valence-corrected chi connectivity index (χ2v) is 10.1. The number of piperidine rings is 1. The number of halogens is 1. The lowest BCUT2D eigenvalue weighted by Crippen LogP contribution is -2.43. The molecule has 1 amide bonds. The second-order valence-electron chi connectivity index (χ2n) is 7.21. The van der Waals surface area contributed by atoms with Gasteiger partial charge in [0, 0.05) is 23.2 Å². The van der Waals surface area contributed by atoms with Gasteiger partial charge in [-0.05, 0) is 53.9 Å². The number of sulfonamides is 1. The maximum Gasteiger partial charge on any atom is 0.243 e. The Morgan fingerprint density at radius 2 is 1.79 bits per heavy atom. The average molecular weight is 473 g/mol. The van der Waals surface area contributed by atoms with Crippen LogP contribution in [0, 0.1) is 5.92 Å². The van der Waals surface area contributed by atoms with E-state index < -0.39 is 10.0 Å². The van der Waals surface area contributed by atoms with Crippen molar-refractivity contribution in [3.8, 4) is 0 Å². The highest BCUT2D eigenvalue weighted by Gasteiger charge is 2.33. The molecule has 1 aliphatic heterocycles. The van der Waals surface area contributed by atoms with Gasteiger partial charge in [0.2, 0.25) is 15.9 Å². The van der Waals surface area contributed by atoms with Crippen molar-refractivity contribution in [3.63, 3.8) is 0 Å². The number of carbonyl (C=O) groups is 1. The molecule has 0 unspecified atom stereocenters. The molecule has 1 saturated heterocycles. The van der Waals surface area contributed by atoms with E-state index in [-0.39, 0.29) is 23.3 Å². The van der Waals surface area contributed by atoms with Gasteiger partial charge in [-0.3, -0.25) is 4.79 Å². The molecule has 29 heavy (non-hydrogen) atoms. The van der Waals surface area contributed by atoms with E-state index >= 15 is 0 Å². The Labute approximate surface area is 178 Å². The molecule has 5 nitrogen and oxygen atoms in total. The Kier molecular flexibility index (Phi) is 5.72. The number of fused-ring (bicyclic) bond motifs is 1. The van der Waals surface area contributed by atoms with E-state index in [9.17, 15) is 13.2 Å². The van der Waals surface area contributed by atoms with Crippen molar-refractivity contribution in [2.45, 2.75) is 17.7 Å². The summed E-state index contributed by atoms with van der Waals surface area (Å²) in [6.45, 7) is 0.616. The molecule has 0 radical (unpaired) electrons. The van der Waals surface area contributed by atoms with Crippen molar-refractivity contribution in [3.05, 3.63) is 71.2 Å². The summed E-state index contributed by atoms with van der Waals surface area (Å²) in [5.41, 5.74) is 0.693. The third-order valence-electron chi connectivity index (χ3n) is 5.21. The molecule has 4 rings (SSSR count). The number of amides is 1. The molecular weight excluding hydrogens is 452 g/mol. The highest BCUT2D eigenvalue weighted by molar-refractivity contribution is 9.10. The van der Waals surface area contributed by atoms with Crippen molar-refractivity contribution < 1.29 is 13.2 Å². The van der Waals surface area contributed by atoms with Gasteiger partial charge < -0.3 is 5.32 Å². The Morgan fingerprint density at radius 3 is 2.59 bits per heavy atom. The monoisotopic (exact) mass is 472 g/mol. The molecule has 0 spiro atoms. The maximum absolute atomic E-state index is 13.2. The lowest BCUT2D eigenvalue weighted by Gasteiger charge is -2.31. The number of nitrogens with zero attached hydrogens (tertiary/aromatic N) is 1. The fourth-order valence-electron chi connectivity index (χ4n) is 3.66. The van der Waals surface area contributed by atoms with Crippen LogP contribution < -0.4 is 5.32 Å². The molecule has 3 aromatic carbocycles. The predicted molar refractivity (Wildman–Crippen MR) is 118 cm³/mol. The minimum absolute atomic E-state index is 0.151. The summed E-state index contributed by atoms with van der Waals surface area (Å²) in [4.78, 5) is 13.0. The first-order chi connectivity index (χ1) is 13.9. The van der Waals surface area contributed by atoms with Gasteiger partial charge in [-0.25, -0.2) is 8.42 Å². The second kappa shape index (κ2) is 8.26. The molecule has 0 aliphatic carbocycles. The normalized spacial score (nSPS) is 17.9. The average Bonchev–Trinajstić information content (AvgIpc) is 2.73. The topological polar surface area (TPSA) is 66.5 Å². The molecule has 1 heterocycles. The number of carbonyl (C=O) groups excluding carboxylic acids is 1. The van der Waals surface area contributed by atoms with Crippen LogP contribution in [-0.4, -0.2) is 31.7 Å². The minimum atomic E-state index is -3.65. The molecule has 0 saturated carbocycles. The van der Waals surface area contributed by atoms with E-state index in [1.165, 1.54) is 4.31 Å². The van der Waals surface area contributed by atoms with Gasteiger partial charge >= 0.3 is 0 Å². The summed E-state index contributed by atoms with van der Waals surface area (Å²) in [7, 11) is -3.65. The minimum Gasteiger partial charge on any atom is -0.326 e. The molecule has 3 aromatic rings. The van der Waals surface area contributed by atoms with Crippen LogP contribution >= 0.6 is 15.9 Å². The highest BCUT2D eigenvalue weighted by atomic mass is 79.9. The maximum atomic E-state index is 13.2. The number of benzene rings is 3. The molecule has 1 N–H and O–H groups in total. The third kappa shape index (κ3) is 4.37. The molecular formula is C22H21BrN2O3S. The summed E-state index contributed by atoms with van der Waals surface area (Å²) < 4.78 is 28.7. The van der Waals surface area contributed by atoms with Gasteiger partial charge in [0.1, 0.15) is 0 Å². The van der Waals surface area contributed by atoms with Crippen LogP contribution in [0.4, 0.5) is 5.69 Å². The standard InChI is InChI=1S/C22H21BrN2O3S/c23-19-8-3-9-20(14-19)24-22(26)18-7-4-12-25(15-18)29(27,28)21-11-10-16-5-1-2-6-17(16)13-21/h1-3,5-6,8-11,13-14,18H,4,7,12,15H2,(H,24,26)/t18-/m1/s1. The molecule has 0 aromatic heterocycles. The fraction of sp³-hybridized carbons (Fsp3) is 0.227. The lowest BCUT2D eigenvalue weighted by molar-refractivity contribution is -0.120. The van der Waals surface area contributed by atoms with Crippen LogP contribution in [0.2, 0.25) is 0 Å². The van der Waals surface area contributed by atoms with Crippen molar-refractivity contribution in [1.29, 1.82) is 0 Å². The van der Waals surface area contributed by atoms with Crippen LogP contribution in [0.5, 0.6) is 0 Å². The zero-order chi connectivity index (χ0) is 20.4. The summed E-state index contributed by atoms with van der Waals surface area (Å²) in [5.74, 6) is -0.528. The van der Waals surface area contributed by atoms with E-state index in [2.05, 4.69) is 21.2 Å². The molecule has 1 aliphatic rings. The number of hydrogen-bond donors (Lipinski definition) is 1. The fourth-order valence-corrected chi connectivity index (χ4v) is 5.62. The SMILES string of the molecule is O=C(Nc1cccc(Br)c1)[C@@H]1CCCN(S(=O)(=O)c2ccc3ccccc3c2)C1. The van der Waals surface area contributed by atoms with Gasteiger partial charge in [-0.1, -0.05) is 52.3 Å². The first-order valence-corrected chi connectivity index (χ1v) is 11.7.